The normalized spacial score (nSPS) is 23.3. The van der Waals surface area contributed by atoms with Gasteiger partial charge in [-0.15, -0.1) is 5.10 Å². The predicted octanol–water partition coefficient (Wildman–Crippen LogP) is -0.573. The number of rotatable bonds is 4. The molecule has 1 aromatic rings. The quantitative estimate of drug-likeness (QED) is 0.677. The molecule has 0 amide bonds. The molecular weight excluding hydrogens is 246 g/mol. The first-order chi connectivity index (χ1) is 9.24. The van der Waals surface area contributed by atoms with Crippen molar-refractivity contribution in [3.05, 3.63) is 20.8 Å². The van der Waals surface area contributed by atoms with Crippen LogP contribution < -0.4 is 21.5 Å². The van der Waals surface area contributed by atoms with Gasteiger partial charge in [-0.1, -0.05) is 0 Å². The van der Waals surface area contributed by atoms with Crippen LogP contribution in [-0.2, 0) is 0 Å². The maximum Gasteiger partial charge on any atom is 0.342 e. The SMILES string of the molecule is O=c1[nH]nc(N(CC2CCCNC2)C2CC2)c(=O)[nH]1. The third-order valence-electron chi connectivity index (χ3n) is 3.81. The fourth-order valence-corrected chi connectivity index (χ4v) is 2.69. The summed E-state index contributed by atoms with van der Waals surface area (Å²) in [5.41, 5.74) is -0.941. The third kappa shape index (κ3) is 2.86. The highest BCUT2D eigenvalue weighted by Crippen LogP contribution is 2.30. The second-order valence-electron chi connectivity index (χ2n) is 5.43. The molecule has 0 spiro atoms. The molecule has 1 saturated carbocycles. The molecule has 3 N–H and O–H groups in total. The summed E-state index contributed by atoms with van der Waals surface area (Å²) in [5, 5.41) is 9.64. The van der Waals surface area contributed by atoms with Crippen molar-refractivity contribution in [1.82, 2.24) is 20.5 Å². The van der Waals surface area contributed by atoms with Gasteiger partial charge >= 0.3 is 5.69 Å². The van der Waals surface area contributed by atoms with Gasteiger partial charge in [-0.3, -0.25) is 9.78 Å². The van der Waals surface area contributed by atoms with Gasteiger partial charge in [0.15, 0.2) is 0 Å². The number of hydrogen-bond acceptors (Lipinski definition) is 5. The second kappa shape index (κ2) is 5.16. The van der Waals surface area contributed by atoms with Gasteiger partial charge in [0, 0.05) is 12.6 Å². The molecule has 1 aliphatic carbocycles. The van der Waals surface area contributed by atoms with E-state index in [1.165, 1.54) is 12.8 Å². The minimum absolute atomic E-state index is 0.354. The molecule has 104 valence electrons. The molecule has 3 rings (SSSR count). The van der Waals surface area contributed by atoms with Gasteiger partial charge < -0.3 is 10.2 Å². The Hall–Kier alpha value is -1.63. The van der Waals surface area contributed by atoms with Crippen LogP contribution in [0.25, 0.3) is 0 Å². The van der Waals surface area contributed by atoms with Crippen molar-refractivity contribution < 1.29 is 0 Å². The Morgan fingerprint density at radius 3 is 2.74 bits per heavy atom. The van der Waals surface area contributed by atoms with E-state index in [1.54, 1.807) is 0 Å². The van der Waals surface area contributed by atoms with E-state index in [2.05, 4.69) is 25.4 Å². The molecule has 0 aromatic carbocycles. The van der Waals surface area contributed by atoms with Crippen molar-refractivity contribution in [1.29, 1.82) is 0 Å². The van der Waals surface area contributed by atoms with Crippen molar-refractivity contribution in [2.45, 2.75) is 31.7 Å². The van der Waals surface area contributed by atoms with Crippen molar-refractivity contribution in [3.63, 3.8) is 0 Å². The van der Waals surface area contributed by atoms with Crippen molar-refractivity contribution in [2.75, 3.05) is 24.5 Å². The highest BCUT2D eigenvalue weighted by atomic mass is 16.2. The van der Waals surface area contributed by atoms with Crippen LogP contribution in [0.3, 0.4) is 0 Å². The first-order valence-electron chi connectivity index (χ1n) is 6.90. The summed E-state index contributed by atoms with van der Waals surface area (Å²) in [4.78, 5) is 27.2. The van der Waals surface area contributed by atoms with E-state index in [4.69, 9.17) is 0 Å². The highest BCUT2D eigenvalue weighted by Gasteiger charge is 2.33. The van der Waals surface area contributed by atoms with Crippen LogP contribution in [0.4, 0.5) is 5.82 Å². The average molecular weight is 265 g/mol. The zero-order valence-corrected chi connectivity index (χ0v) is 10.8. The van der Waals surface area contributed by atoms with Crippen molar-refractivity contribution >= 4 is 5.82 Å². The van der Waals surface area contributed by atoms with Crippen molar-refractivity contribution in [2.24, 2.45) is 5.92 Å². The van der Waals surface area contributed by atoms with E-state index in [0.717, 1.165) is 32.5 Å². The first kappa shape index (κ1) is 12.4. The van der Waals surface area contributed by atoms with Gasteiger partial charge in [-0.25, -0.2) is 9.89 Å². The number of nitrogens with zero attached hydrogens (tertiary/aromatic N) is 2. The molecule has 2 fully saturated rings. The predicted molar refractivity (Wildman–Crippen MR) is 71.4 cm³/mol. The molecule has 1 unspecified atom stereocenters. The minimum Gasteiger partial charge on any atom is -0.347 e. The van der Waals surface area contributed by atoms with E-state index >= 15 is 0 Å². The van der Waals surface area contributed by atoms with E-state index in [0.29, 0.717) is 17.8 Å². The molecule has 2 heterocycles. The van der Waals surface area contributed by atoms with Gasteiger partial charge in [0.2, 0.25) is 5.82 Å². The van der Waals surface area contributed by atoms with Gasteiger partial charge in [-0.2, -0.15) is 0 Å². The number of aromatic amines is 2. The Labute approximate surface area is 110 Å². The number of H-pyrrole nitrogens is 2. The van der Waals surface area contributed by atoms with Crippen LogP contribution in [0, 0.1) is 5.92 Å². The minimum atomic E-state index is -0.552. The van der Waals surface area contributed by atoms with Gasteiger partial charge in [0.25, 0.3) is 5.56 Å². The lowest BCUT2D eigenvalue weighted by Gasteiger charge is -2.30. The second-order valence-corrected chi connectivity index (χ2v) is 5.43. The molecule has 1 saturated heterocycles. The largest absolute Gasteiger partial charge is 0.347 e. The number of anilines is 1. The monoisotopic (exact) mass is 265 g/mol. The number of nitrogens with one attached hydrogen (secondary N) is 3. The lowest BCUT2D eigenvalue weighted by Crippen LogP contribution is -2.42. The molecule has 1 atom stereocenters. The molecule has 7 heteroatoms. The molecule has 2 aliphatic rings. The smallest absolute Gasteiger partial charge is 0.342 e. The van der Waals surface area contributed by atoms with Gasteiger partial charge in [0.05, 0.1) is 0 Å². The Morgan fingerprint density at radius 2 is 2.11 bits per heavy atom. The summed E-state index contributed by atoms with van der Waals surface area (Å²) in [5.74, 6) is 0.898. The molecule has 7 nitrogen and oxygen atoms in total. The summed E-state index contributed by atoms with van der Waals surface area (Å²) in [6, 6.07) is 0.404. The highest BCUT2D eigenvalue weighted by molar-refractivity contribution is 5.38. The Morgan fingerprint density at radius 1 is 1.26 bits per heavy atom. The summed E-state index contributed by atoms with van der Waals surface area (Å²) in [7, 11) is 0. The van der Waals surface area contributed by atoms with Crippen LogP contribution in [-0.4, -0.2) is 40.9 Å². The maximum atomic E-state index is 11.9. The van der Waals surface area contributed by atoms with E-state index in [9.17, 15) is 9.59 Å². The fraction of sp³-hybridized carbons (Fsp3) is 0.750. The number of aromatic nitrogens is 3. The number of piperidine rings is 1. The lowest BCUT2D eigenvalue weighted by molar-refractivity contribution is 0.374. The Kier molecular flexibility index (Phi) is 3.37. The first-order valence-corrected chi connectivity index (χ1v) is 6.90. The standard InChI is InChI=1S/C12H19N5O2/c18-11-10(15-16-12(19)14-11)17(9-3-4-9)7-8-2-1-5-13-6-8/h8-9,13H,1-7H2,(H2,14,16,18,19). The van der Waals surface area contributed by atoms with Crippen LogP contribution >= 0.6 is 0 Å². The maximum absolute atomic E-state index is 11.9. The zero-order valence-electron chi connectivity index (χ0n) is 10.8. The van der Waals surface area contributed by atoms with Crippen LogP contribution in [0.1, 0.15) is 25.7 Å². The van der Waals surface area contributed by atoms with Crippen molar-refractivity contribution in [3.8, 4) is 0 Å². The van der Waals surface area contributed by atoms with Gasteiger partial charge in [-0.05, 0) is 44.7 Å². The topological polar surface area (TPSA) is 93.9 Å². The fourth-order valence-electron chi connectivity index (χ4n) is 2.69. The third-order valence-corrected chi connectivity index (χ3v) is 3.81. The van der Waals surface area contributed by atoms with Crippen LogP contribution in [0.2, 0.25) is 0 Å². The van der Waals surface area contributed by atoms with E-state index in [1.807, 2.05) is 0 Å². The summed E-state index contributed by atoms with van der Waals surface area (Å²) in [6.07, 6.45) is 4.55. The summed E-state index contributed by atoms with van der Waals surface area (Å²) in [6.45, 7) is 2.90. The molecule has 1 aromatic heterocycles. The molecule has 0 bridgehead atoms. The summed E-state index contributed by atoms with van der Waals surface area (Å²) < 4.78 is 0. The lowest BCUT2D eigenvalue weighted by atomic mass is 9.99. The number of hydrogen-bond donors (Lipinski definition) is 3. The Balaban J connectivity index is 1.80. The molecular formula is C12H19N5O2. The summed E-state index contributed by atoms with van der Waals surface area (Å²) >= 11 is 0. The van der Waals surface area contributed by atoms with E-state index < -0.39 is 5.69 Å². The van der Waals surface area contributed by atoms with Gasteiger partial charge in [0.1, 0.15) is 0 Å². The average Bonchev–Trinajstić information content (AvgIpc) is 3.22. The Bertz CT molecular complexity index is 542. The van der Waals surface area contributed by atoms with Crippen LogP contribution in [0.15, 0.2) is 9.59 Å². The molecule has 19 heavy (non-hydrogen) atoms. The molecule has 1 aliphatic heterocycles. The zero-order chi connectivity index (χ0) is 13.2. The van der Waals surface area contributed by atoms with E-state index in [-0.39, 0.29) is 5.56 Å². The molecule has 0 radical (unpaired) electrons. The van der Waals surface area contributed by atoms with Crippen LogP contribution in [0.5, 0.6) is 0 Å².